The second-order valence-corrected chi connectivity index (χ2v) is 7.63. The van der Waals surface area contributed by atoms with Gasteiger partial charge in [0.05, 0.1) is 38.3 Å². The summed E-state index contributed by atoms with van der Waals surface area (Å²) in [7, 11) is 2.86. The normalized spacial score (nSPS) is 12.6. The average Bonchev–Trinajstić information content (AvgIpc) is 3.22. The fourth-order valence-electron chi connectivity index (χ4n) is 3.18. The second kappa shape index (κ2) is 9.66. The molecular weight excluding hydrogens is 420 g/mol. The van der Waals surface area contributed by atoms with Crippen molar-refractivity contribution in [2.75, 3.05) is 14.2 Å². The number of nitrogens with zero attached hydrogens (tertiary/aromatic N) is 1. The number of amides is 1. The van der Waals surface area contributed by atoms with Crippen molar-refractivity contribution in [3.05, 3.63) is 71.1 Å². The Hall–Kier alpha value is -3.32. The molecule has 1 heterocycles. The Morgan fingerprint density at radius 1 is 1.16 bits per heavy atom. The molecule has 7 nitrogen and oxygen atoms in total. The number of ether oxygens (including phenoxy) is 2. The molecular formula is C23H23ClN2O5. The maximum atomic E-state index is 12.8. The first-order valence-corrected chi connectivity index (χ1v) is 9.93. The number of rotatable bonds is 8. The van der Waals surface area contributed by atoms with Crippen molar-refractivity contribution in [2.24, 2.45) is 0 Å². The summed E-state index contributed by atoms with van der Waals surface area (Å²) < 4.78 is 15.6. The van der Waals surface area contributed by atoms with Gasteiger partial charge in [0, 0.05) is 10.6 Å². The van der Waals surface area contributed by atoms with Gasteiger partial charge >= 0.3 is 5.97 Å². The van der Waals surface area contributed by atoms with Crippen LogP contribution in [-0.4, -0.2) is 31.1 Å². The van der Waals surface area contributed by atoms with Gasteiger partial charge in [0.2, 0.25) is 11.8 Å². The van der Waals surface area contributed by atoms with Crippen molar-refractivity contribution in [2.45, 2.75) is 25.3 Å². The molecule has 0 aliphatic carbocycles. The first-order chi connectivity index (χ1) is 14.8. The van der Waals surface area contributed by atoms with Crippen LogP contribution in [0.3, 0.4) is 0 Å². The van der Waals surface area contributed by atoms with Crippen LogP contribution in [0.2, 0.25) is 5.02 Å². The number of nitrogens with one attached hydrogen (secondary N) is 1. The molecule has 31 heavy (non-hydrogen) atoms. The second-order valence-electron chi connectivity index (χ2n) is 7.19. The largest absolute Gasteiger partial charge is 0.497 e. The molecule has 0 aliphatic heterocycles. The third-order valence-electron chi connectivity index (χ3n) is 4.83. The topological polar surface area (TPSA) is 90.7 Å². The van der Waals surface area contributed by atoms with Crippen LogP contribution in [0.1, 0.15) is 24.6 Å². The van der Waals surface area contributed by atoms with Gasteiger partial charge in [-0.25, -0.2) is 4.98 Å². The third kappa shape index (κ3) is 5.64. The summed E-state index contributed by atoms with van der Waals surface area (Å²) in [6.07, 6.45) is 1.38. The summed E-state index contributed by atoms with van der Waals surface area (Å²) in [5.74, 6) is 0.249. The molecule has 1 N–H and O–H groups in total. The average molecular weight is 443 g/mol. The molecule has 1 unspecified atom stereocenters. The quantitative estimate of drug-likeness (QED) is 0.527. The van der Waals surface area contributed by atoms with E-state index in [0.717, 1.165) is 5.56 Å². The molecule has 0 radical (unpaired) electrons. The molecule has 0 saturated carbocycles. The molecule has 3 rings (SSSR count). The lowest BCUT2D eigenvalue weighted by atomic mass is 9.88. The summed E-state index contributed by atoms with van der Waals surface area (Å²) in [6.45, 7) is 1.76. The lowest BCUT2D eigenvalue weighted by Gasteiger charge is -2.30. The first-order valence-electron chi connectivity index (χ1n) is 9.55. The summed E-state index contributed by atoms with van der Waals surface area (Å²) >= 11 is 5.91. The molecule has 0 aliphatic rings. The van der Waals surface area contributed by atoms with E-state index in [1.54, 1.807) is 56.5 Å². The number of carbonyl (C=O) groups excluding carboxylic acids is 2. The van der Waals surface area contributed by atoms with Crippen molar-refractivity contribution in [1.82, 2.24) is 10.3 Å². The fourth-order valence-corrected chi connectivity index (χ4v) is 3.30. The van der Waals surface area contributed by atoms with Crippen molar-refractivity contribution in [3.8, 4) is 17.2 Å². The number of aromatic nitrogens is 1. The van der Waals surface area contributed by atoms with Crippen LogP contribution in [-0.2, 0) is 26.3 Å². The number of methoxy groups -OCH3 is 2. The van der Waals surface area contributed by atoms with E-state index in [4.69, 9.17) is 25.5 Å². The highest BCUT2D eigenvalue weighted by molar-refractivity contribution is 6.30. The first kappa shape index (κ1) is 22.4. The molecule has 162 valence electrons. The predicted octanol–water partition coefficient (Wildman–Crippen LogP) is 4.14. The highest BCUT2D eigenvalue weighted by atomic mass is 35.5. The zero-order valence-corrected chi connectivity index (χ0v) is 18.2. The molecule has 0 bridgehead atoms. The van der Waals surface area contributed by atoms with E-state index in [9.17, 15) is 9.59 Å². The minimum atomic E-state index is -0.999. The van der Waals surface area contributed by atoms with Gasteiger partial charge < -0.3 is 19.2 Å². The summed E-state index contributed by atoms with van der Waals surface area (Å²) in [4.78, 5) is 29.2. The number of benzene rings is 2. The highest BCUT2D eigenvalue weighted by Crippen LogP contribution is 2.28. The number of halogens is 1. The van der Waals surface area contributed by atoms with Crippen LogP contribution >= 0.6 is 11.6 Å². The Kier molecular flexibility index (Phi) is 6.97. The van der Waals surface area contributed by atoms with E-state index in [0.29, 0.717) is 27.9 Å². The fraction of sp³-hybridized carbons (Fsp3) is 0.261. The van der Waals surface area contributed by atoms with E-state index < -0.39 is 11.5 Å². The standard InChI is InChI=1S/C23H23ClN2O5/c1-23(13-21(28)30-3,16-5-4-6-19(11-16)29-2)26-20(27)12-18-14-31-22(25-18)15-7-9-17(24)10-8-15/h4-11,14H,12-13H2,1-3H3,(H,26,27). The van der Waals surface area contributed by atoms with Gasteiger partial charge in [-0.3, -0.25) is 9.59 Å². The van der Waals surface area contributed by atoms with Gasteiger partial charge in [-0.2, -0.15) is 0 Å². The Morgan fingerprint density at radius 2 is 1.90 bits per heavy atom. The van der Waals surface area contributed by atoms with E-state index in [1.165, 1.54) is 13.4 Å². The van der Waals surface area contributed by atoms with Crippen molar-refractivity contribution in [3.63, 3.8) is 0 Å². The van der Waals surface area contributed by atoms with Crippen LogP contribution in [0, 0.1) is 0 Å². The van der Waals surface area contributed by atoms with Gasteiger partial charge in [0.1, 0.15) is 12.0 Å². The van der Waals surface area contributed by atoms with Crippen LogP contribution in [0.25, 0.3) is 11.5 Å². The molecule has 0 fully saturated rings. The monoisotopic (exact) mass is 442 g/mol. The van der Waals surface area contributed by atoms with Crippen LogP contribution in [0.15, 0.2) is 59.2 Å². The molecule has 2 aromatic carbocycles. The molecule has 1 amide bonds. The number of esters is 1. The maximum absolute atomic E-state index is 12.8. The molecule has 8 heteroatoms. The van der Waals surface area contributed by atoms with Crippen molar-refractivity contribution >= 4 is 23.5 Å². The van der Waals surface area contributed by atoms with E-state index in [-0.39, 0.29) is 18.7 Å². The Morgan fingerprint density at radius 3 is 2.58 bits per heavy atom. The van der Waals surface area contributed by atoms with Crippen LogP contribution < -0.4 is 10.1 Å². The summed E-state index contributed by atoms with van der Waals surface area (Å²) in [5, 5.41) is 3.55. The SMILES string of the molecule is COC(=O)CC(C)(NC(=O)Cc1coc(-c2ccc(Cl)cc2)n1)c1cccc(OC)c1. The zero-order chi connectivity index (χ0) is 22.4. The van der Waals surface area contributed by atoms with Crippen molar-refractivity contribution in [1.29, 1.82) is 0 Å². The predicted molar refractivity (Wildman–Crippen MR) is 116 cm³/mol. The summed E-state index contributed by atoms with van der Waals surface area (Å²) in [6, 6.07) is 14.2. The minimum Gasteiger partial charge on any atom is -0.497 e. The lowest BCUT2D eigenvalue weighted by molar-refractivity contribution is -0.142. The molecule has 0 saturated heterocycles. The number of hydrogen-bond donors (Lipinski definition) is 1. The smallest absolute Gasteiger partial charge is 0.308 e. The van der Waals surface area contributed by atoms with Gasteiger partial charge in [0.25, 0.3) is 0 Å². The molecule has 3 aromatic rings. The highest BCUT2D eigenvalue weighted by Gasteiger charge is 2.32. The molecule has 0 spiro atoms. The Bertz CT molecular complexity index is 1060. The third-order valence-corrected chi connectivity index (χ3v) is 5.08. The van der Waals surface area contributed by atoms with Crippen LogP contribution in [0.4, 0.5) is 0 Å². The Balaban J connectivity index is 1.77. The molecule has 1 aromatic heterocycles. The van der Waals surface area contributed by atoms with Gasteiger partial charge in [-0.05, 0) is 48.9 Å². The van der Waals surface area contributed by atoms with E-state index >= 15 is 0 Å². The number of oxazole rings is 1. The van der Waals surface area contributed by atoms with E-state index in [1.807, 2.05) is 6.07 Å². The maximum Gasteiger partial charge on any atom is 0.308 e. The molecule has 1 atom stereocenters. The summed E-state index contributed by atoms with van der Waals surface area (Å²) in [5.41, 5.74) is 0.936. The van der Waals surface area contributed by atoms with Crippen LogP contribution in [0.5, 0.6) is 5.75 Å². The zero-order valence-electron chi connectivity index (χ0n) is 17.5. The van der Waals surface area contributed by atoms with Gasteiger partial charge in [-0.15, -0.1) is 0 Å². The number of carbonyl (C=O) groups is 2. The Labute approximate surface area is 185 Å². The minimum absolute atomic E-state index is 0.0161. The van der Waals surface area contributed by atoms with E-state index in [2.05, 4.69) is 10.3 Å². The van der Waals surface area contributed by atoms with Crippen molar-refractivity contribution < 1.29 is 23.5 Å². The van der Waals surface area contributed by atoms with Gasteiger partial charge in [-0.1, -0.05) is 23.7 Å². The van der Waals surface area contributed by atoms with Gasteiger partial charge in [0.15, 0.2) is 0 Å². The lowest BCUT2D eigenvalue weighted by Crippen LogP contribution is -2.45. The number of hydrogen-bond acceptors (Lipinski definition) is 6.